The van der Waals surface area contributed by atoms with Crippen LogP contribution in [0.4, 0.5) is 0 Å². The zero-order valence-electron chi connectivity index (χ0n) is 14.0. The highest BCUT2D eigenvalue weighted by molar-refractivity contribution is 5.27. The second-order valence-electron chi connectivity index (χ2n) is 5.23. The normalized spacial score (nSPS) is 15.2. The van der Waals surface area contributed by atoms with E-state index >= 15 is 0 Å². The van der Waals surface area contributed by atoms with Crippen LogP contribution < -0.4 is 10.1 Å². The van der Waals surface area contributed by atoms with Crippen molar-refractivity contribution in [3.05, 3.63) is 29.8 Å². The number of unbranched alkanes of at least 4 members (excludes halogenated alkanes) is 2. The number of nitrogens with zero attached hydrogens (tertiary/aromatic N) is 1. The van der Waals surface area contributed by atoms with Gasteiger partial charge >= 0.3 is 0 Å². The van der Waals surface area contributed by atoms with Crippen LogP contribution in [0.2, 0.25) is 0 Å². The van der Waals surface area contributed by atoms with E-state index in [2.05, 4.69) is 41.4 Å². The Hall–Kier alpha value is -1.06. The van der Waals surface area contributed by atoms with Gasteiger partial charge in [-0.2, -0.15) is 0 Å². The molecule has 1 N–H and O–H groups in total. The Labute approximate surface area is 130 Å². The minimum absolute atomic E-state index is 0.838. The Bertz CT molecular complexity index is 345. The molecule has 3 nitrogen and oxygen atoms in total. The van der Waals surface area contributed by atoms with E-state index in [9.17, 15) is 0 Å². The number of ether oxygens (including phenoxy) is 1. The molecule has 1 aliphatic heterocycles. The summed E-state index contributed by atoms with van der Waals surface area (Å²) in [5.74, 6) is 1.00. The van der Waals surface area contributed by atoms with E-state index < -0.39 is 0 Å². The predicted octanol–water partition coefficient (Wildman–Crippen LogP) is 3.69. The first-order valence-electron chi connectivity index (χ1n) is 8.53. The standard InChI is InChI=1S/C16H26N2O.C2H6/c1-2-3-4-13-19-16-7-5-15(6-8-16)14-18-11-9-17-10-12-18;1-2/h5-8,17H,2-4,9-14H2,1H3;1-2H3. The van der Waals surface area contributed by atoms with Gasteiger partial charge in [-0.3, -0.25) is 4.90 Å². The summed E-state index contributed by atoms with van der Waals surface area (Å²) < 4.78 is 5.73. The van der Waals surface area contributed by atoms with Gasteiger partial charge < -0.3 is 10.1 Å². The third kappa shape index (κ3) is 7.49. The molecule has 0 atom stereocenters. The van der Waals surface area contributed by atoms with Crippen molar-refractivity contribution in [2.24, 2.45) is 0 Å². The third-order valence-corrected chi connectivity index (χ3v) is 3.56. The van der Waals surface area contributed by atoms with Gasteiger partial charge in [0.2, 0.25) is 0 Å². The quantitative estimate of drug-likeness (QED) is 0.776. The van der Waals surface area contributed by atoms with E-state index in [1.807, 2.05) is 13.8 Å². The molecule has 0 unspecified atom stereocenters. The van der Waals surface area contributed by atoms with Crippen LogP contribution in [0.5, 0.6) is 5.75 Å². The predicted molar refractivity (Wildman–Crippen MR) is 91.0 cm³/mol. The summed E-state index contributed by atoms with van der Waals surface area (Å²) >= 11 is 0. The Morgan fingerprint density at radius 2 is 1.71 bits per heavy atom. The third-order valence-electron chi connectivity index (χ3n) is 3.56. The van der Waals surface area contributed by atoms with Crippen molar-refractivity contribution in [3.63, 3.8) is 0 Å². The molecule has 3 heteroatoms. The van der Waals surface area contributed by atoms with E-state index in [0.717, 1.165) is 51.5 Å². The maximum atomic E-state index is 5.73. The largest absolute Gasteiger partial charge is 0.494 e. The van der Waals surface area contributed by atoms with Gasteiger partial charge in [0.25, 0.3) is 0 Å². The summed E-state index contributed by atoms with van der Waals surface area (Å²) in [4.78, 5) is 2.49. The van der Waals surface area contributed by atoms with Crippen LogP contribution >= 0.6 is 0 Å². The van der Waals surface area contributed by atoms with E-state index in [0.29, 0.717) is 0 Å². The molecule has 0 saturated carbocycles. The van der Waals surface area contributed by atoms with E-state index in [4.69, 9.17) is 4.74 Å². The first-order chi connectivity index (χ1) is 10.4. The van der Waals surface area contributed by atoms with Crippen molar-refractivity contribution < 1.29 is 4.74 Å². The molecule has 0 bridgehead atoms. The SMILES string of the molecule is CC.CCCCCOc1ccc(CN2CCNCC2)cc1. The Morgan fingerprint density at radius 3 is 2.33 bits per heavy atom. The summed E-state index contributed by atoms with van der Waals surface area (Å²) in [5, 5.41) is 3.38. The number of nitrogens with one attached hydrogen (secondary N) is 1. The second-order valence-corrected chi connectivity index (χ2v) is 5.23. The van der Waals surface area contributed by atoms with Gasteiger partial charge in [0, 0.05) is 32.7 Å². The van der Waals surface area contributed by atoms with Crippen LogP contribution in [0.15, 0.2) is 24.3 Å². The van der Waals surface area contributed by atoms with Crippen molar-refractivity contribution in [1.82, 2.24) is 10.2 Å². The highest BCUT2D eigenvalue weighted by Gasteiger charge is 2.09. The summed E-state index contributed by atoms with van der Waals surface area (Å²) in [6.07, 6.45) is 3.65. The lowest BCUT2D eigenvalue weighted by atomic mass is 10.2. The van der Waals surface area contributed by atoms with Crippen LogP contribution in [0, 0.1) is 0 Å². The molecule has 0 aliphatic carbocycles. The Balaban J connectivity index is 0.00000106. The summed E-state index contributed by atoms with van der Waals surface area (Å²) in [6, 6.07) is 8.58. The van der Waals surface area contributed by atoms with Crippen LogP contribution in [-0.2, 0) is 6.54 Å². The van der Waals surface area contributed by atoms with Gasteiger partial charge in [-0.15, -0.1) is 0 Å². The summed E-state index contributed by atoms with van der Waals surface area (Å²) in [7, 11) is 0. The lowest BCUT2D eigenvalue weighted by Crippen LogP contribution is -2.42. The number of hydrogen-bond acceptors (Lipinski definition) is 3. The maximum Gasteiger partial charge on any atom is 0.119 e. The molecule has 0 spiro atoms. The van der Waals surface area contributed by atoms with Gasteiger partial charge in [0.15, 0.2) is 0 Å². The molecule has 1 saturated heterocycles. The molecule has 120 valence electrons. The van der Waals surface area contributed by atoms with E-state index in [1.165, 1.54) is 18.4 Å². The fraction of sp³-hybridized carbons (Fsp3) is 0.667. The first-order valence-corrected chi connectivity index (χ1v) is 8.53. The highest BCUT2D eigenvalue weighted by atomic mass is 16.5. The molecule has 1 heterocycles. The molecular formula is C18H32N2O. The summed E-state index contributed by atoms with van der Waals surface area (Å²) in [6.45, 7) is 12.6. The molecule has 0 amide bonds. The molecule has 1 aromatic rings. The first kappa shape index (κ1) is 18.0. The van der Waals surface area contributed by atoms with E-state index in [1.54, 1.807) is 0 Å². The molecule has 1 aliphatic rings. The van der Waals surface area contributed by atoms with Crippen molar-refractivity contribution in [2.45, 2.75) is 46.6 Å². The van der Waals surface area contributed by atoms with Crippen LogP contribution in [-0.4, -0.2) is 37.7 Å². The fourth-order valence-electron chi connectivity index (χ4n) is 2.36. The van der Waals surface area contributed by atoms with Gasteiger partial charge in [-0.05, 0) is 24.1 Å². The summed E-state index contributed by atoms with van der Waals surface area (Å²) in [5.41, 5.74) is 1.38. The van der Waals surface area contributed by atoms with Gasteiger partial charge in [-0.1, -0.05) is 45.7 Å². The maximum absolute atomic E-state index is 5.73. The van der Waals surface area contributed by atoms with Crippen molar-refractivity contribution in [2.75, 3.05) is 32.8 Å². The number of rotatable bonds is 7. The smallest absolute Gasteiger partial charge is 0.119 e. The van der Waals surface area contributed by atoms with Gasteiger partial charge in [0.1, 0.15) is 5.75 Å². The van der Waals surface area contributed by atoms with Gasteiger partial charge in [-0.25, -0.2) is 0 Å². The number of benzene rings is 1. The van der Waals surface area contributed by atoms with Crippen molar-refractivity contribution in [1.29, 1.82) is 0 Å². The zero-order chi connectivity index (χ0) is 15.3. The topological polar surface area (TPSA) is 24.5 Å². The van der Waals surface area contributed by atoms with Crippen LogP contribution in [0.25, 0.3) is 0 Å². The number of hydrogen-bond donors (Lipinski definition) is 1. The highest BCUT2D eigenvalue weighted by Crippen LogP contribution is 2.14. The lowest BCUT2D eigenvalue weighted by Gasteiger charge is -2.27. The Kier molecular flexibility index (Phi) is 9.92. The lowest BCUT2D eigenvalue weighted by molar-refractivity contribution is 0.233. The minimum Gasteiger partial charge on any atom is -0.494 e. The second kappa shape index (κ2) is 11.6. The van der Waals surface area contributed by atoms with Crippen LogP contribution in [0.1, 0.15) is 45.6 Å². The fourth-order valence-corrected chi connectivity index (χ4v) is 2.36. The van der Waals surface area contributed by atoms with Crippen molar-refractivity contribution >= 4 is 0 Å². The van der Waals surface area contributed by atoms with Crippen molar-refractivity contribution in [3.8, 4) is 5.75 Å². The molecule has 0 radical (unpaired) electrons. The van der Waals surface area contributed by atoms with E-state index in [-0.39, 0.29) is 0 Å². The van der Waals surface area contributed by atoms with Gasteiger partial charge in [0.05, 0.1) is 6.61 Å². The average molecular weight is 292 g/mol. The molecular weight excluding hydrogens is 260 g/mol. The molecule has 2 rings (SSSR count). The number of piperazine rings is 1. The molecule has 1 fully saturated rings. The average Bonchev–Trinajstić information content (AvgIpc) is 2.56. The monoisotopic (exact) mass is 292 g/mol. The molecule has 21 heavy (non-hydrogen) atoms. The minimum atomic E-state index is 0.838. The zero-order valence-corrected chi connectivity index (χ0v) is 14.0. The van der Waals surface area contributed by atoms with Crippen LogP contribution in [0.3, 0.4) is 0 Å². The molecule has 1 aromatic carbocycles. The molecule has 0 aromatic heterocycles. The Morgan fingerprint density at radius 1 is 1.05 bits per heavy atom.